The number of likely N-dealkylation sites (N-methyl/N-ethyl adjacent to an activating group) is 1. The van der Waals surface area contributed by atoms with E-state index in [1.165, 1.54) is 4.31 Å². The zero-order chi connectivity index (χ0) is 18.0. The highest BCUT2D eigenvalue weighted by atomic mass is 35.5. The highest BCUT2D eigenvalue weighted by molar-refractivity contribution is 7.86. The van der Waals surface area contributed by atoms with E-state index in [1.807, 2.05) is 7.05 Å². The van der Waals surface area contributed by atoms with Crippen LogP contribution in [0.25, 0.3) is 0 Å². The van der Waals surface area contributed by atoms with Gasteiger partial charge in [0.1, 0.15) is 0 Å². The first-order valence-electron chi connectivity index (χ1n) is 8.36. The molecule has 0 N–H and O–H groups in total. The van der Waals surface area contributed by atoms with Crippen molar-refractivity contribution in [3.8, 4) is 0 Å². The van der Waals surface area contributed by atoms with E-state index in [2.05, 4.69) is 4.90 Å². The normalized spacial score (nSPS) is 21.4. The second kappa shape index (κ2) is 7.59. The Morgan fingerprint density at radius 1 is 0.880 bits per heavy atom. The minimum absolute atomic E-state index is 0.0895. The topological polar surface area (TPSA) is 64.2 Å². The Hall–Kier alpha value is -1.19. The van der Waals surface area contributed by atoms with Crippen molar-refractivity contribution in [2.75, 3.05) is 59.4 Å². The van der Waals surface area contributed by atoms with Gasteiger partial charge in [-0.1, -0.05) is 11.6 Å². The molecule has 2 aliphatic heterocycles. The molecule has 0 bridgehead atoms. The summed E-state index contributed by atoms with van der Waals surface area (Å²) in [6.07, 6.45) is 0. The van der Waals surface area contributed by atoms with Gasteiger partial charge in [-0.25, -0.2) is 0 Å². The second-order valence-corrected chi connectivity index (χ2v) is 8.77. The monoisotopic (exact) mass is 386 g/mol. The Kier molecular flexibility index (Phi) is 5.65. The third-order valence-corrected chi connectivity index (χ3v) is 7.02. The van der Waals surface area contributed by atoms with Gasteiger partial charge in [0.2, 0.25) is 0 Å². The number of rotatable bonds is 3. The molecule has 1 aromatic rings. The van der Waals surface area contributed by atoms with Crippen LogP contribution in [0.15, 0.2) is 24.3 Å². The Balaban J connectivity index is 1.59. The van der Waals surface area contributed by atoms with Crippen LogP contribution in [0.5, 0.6) is 0 Å². The minimum atomic E-state index is -3.44. The van der Waals surface area contributed by atoms with Crippen LogP contribution >= 0.6 is 11.6 Å². The van der Waals surface area contributed by atoms with Crippen molar-refractivity contribution in [1.29, 1.82) is 0 Å². The van der Waals surface area contributed by atoms with Gasteiger partial charge in [0.25, 0.3) is 16.1 Å². The van der Waals surface area contributed by atoms with Crippen molar-refractivity contribution in [3.63, 3.8) is 0 Å². The molecule has 2 aliphatic rings. The fraction of sp³-hybridized carbons (Fsp3) is 0.562. The lowest BCUT2D eigenvalue weighted by Gasteiger charge is -2.39. The van der Waals surface area contributed by atoms with Gasteiger partial charge < -0.3 is 9.80 Å². The van der Waals surface area contributed by atoms with Gasteiger partial charge >= 0.3 is 0 Å². The second-order valence-electron chi connectivity index (χ2n) is 6.41. The van der Waals surface area contributed by atoms with E-state index in [-0.39, 0.29) is 5.91 Å². The highest BCUT2D eigenvalue weighted by Crippen LogP contribution is 2.17. The summed E-state index contributed by atoms with van der Waals surface area (Å²) in [5.74, 6) is -0.0895. The van der Waals surface area contributed by atoms with E-state index in [1.54, 1.807) is 33.5 Å². The first kappa shape index (κ1) is 18.6. The molecule has 138 valence electrons. The molecular weight excluding hydrogens is 364 g/mol. The van der Waals surface area contributed by atoms with Crippen molar-refractivity contribution < 1.29 is 13.2 Å². The van der Waals surface area contributed by atoms with Gasteiger partial charge in [-0.2, -0.15) is 17.0 Å². The van der Waals surface area contributed by atoms with Crippen LogP contribution in [0.1, 0.15) is 10.4 Å². The first-order valence-corrected chi connectivity index (χ1v) is 10.1. The minimum Gasteiger partial charge on any atom is -0.336 e. The third-order valence-electron chi connectivity index (χ3n) is 4.73. The van der Waals surface area contributed by atoms with Crippen LogP contribution in [-0.2, 0) is 10.2 Å². The molecule has 3 rings (SSSR count). The van der Waals surface area contributed by atoms with Gasteiger partial charge in [-0.05, 0) is 31.3 Å². The fourth-order valence-corrected chi connectivity index (χ4v) is 4.78. The molecule has 9 heteroatoms. The maximum absolute atomic E-state index is 12.7. The summed E-state index contributed by atoms with van der Waals surface area (Å²) in [5.41, 5.74) is 0.569. The standard InChI is InChI=1S/C16H23ClN4O3S/c1-18-6-10-20(11-7-18)25(23,24)21-12-8-19(9-13-21)16(22)14-2-4-15(17)5-3-14/h2-5H,6-13H2,1H3. The lowest BCUT2D eigenvalue weighted by Crippen LogP contribution is -2.57. The number of halogens is 1. The lowest BCUT2D eigenvalue weighted by atomic mass is 10.2. The lowest BCUT2D eigenvalue weighted by molar-refractivity contribution is 0.0692. The van der Waals surface area contributed by atoms with E-state index in [9.17, 15) is 13.2 Å². The first-order chi connectivity index (χ1) is 11.9. The molecule has 0 spiro atoms. The number of carbonyl (C=O) groups is 1. The van der Waals surface area contributed by atoms with Crippen molar-refractivity contribution in [2.45, 2.75) is 0 Å². The van der Waals surface area contributed by atoms with Crippen LogP contribution in [0.3, 0.4) is 0 Å². The molecule has 0 aromatic heterocycles. The largest absolute Gasteiger partial charge is 0.336 e. The average Bonchev–Trinajstić information content (AvgIpc) is 2.62. The van der Waals surface area contributed by atoms with E-state index in [0.29, 0.717) is 49.9 Å². The third kappa shape index (κ3) is 4.15. The van der Waals surface area contributed by atoms with Crippen LogP contribution < -0.4 is 0 Å². The molecule has 2 heterocycles. The molecule has 2 fully saturated rings. The van der Waals surface area contributed by atoms with Crippen LogP contribution in [-0.4, -0.2) is 92.1 Å². The molecule has 25 heavy (non-hydrogen) atoms. The predicted molar refractivity (Wildman–Crippen MR) is 96.9 cm³/mol. The molecule has 0 unspecified atom stereocenters. The predicted octanol–water partition coefficient (Wildman–Crippen LogP) is 0.590. The number of carbonyl (C=O) groups excluding carboxylic acids is 1. The fourth-order valence-electron chi connectivity index (χ4n) is 3.08. The Bertz CT molecular complexity index is 709. The number of piperazine rings is 2. The van der Waals surface area contributed by atoms with Crippen molar-refractivity contribution >= 4 is 27.7 Å². The summed E-state index contributed by atoms with van der Waals surface area (Å²) in [5, 5.41) is 0.583. The van der Waals surface area contributed by atoms with E-state index in [0.717, 1.165) is 13.1 Å². The molecule has 0 aliphatic carbocycles. The summed E-state index contributed by atoms with van der Waals surface area (Å²) in [7, 11) is -1.45. The van der Waals surface area contributed by atoms with Gasteiger partial charge in [0, 0.05) is 62.9 Å². The van der Waals surface area contributed by atoms with Crippen LogP contribution in [0, 0.1) is 0 Å². The number of nitrogens with zero attached hydrogens (tertiary/aromatic N) is 4. The van der Waals surface area contributed by atoms with Gasteiger partial charge in [-0.15, -0.1) is 0 Å². The maximum Gasteiger partial charge on any atom is 0.282 e. The summed E-state index contributed by atoms with van der Waals surface area (Å²) < 4.78 is 28.5. The Labute approximate surface area is 153 Å². The number of hydrogen-bond donors (Lipinski definition) is 0. The molecule has 0 atom stereocenters. The van der Waals surface area contributed by atoms with Crippen molar-refractivity contribution in [2.24, 2.45) is 0 Å². The van der Waals surface area contributed by atoms with E-state index < -0.39 is 10.2 Å². The SMILES string of the molecule is CN1CCN(S(=O)(=O)N2CCN(C(=O)c3ccc(Cl)cc3)CC2)CC1. The summed E-state index contributed by atoms with van der Waals surface area (Å²) >= 11 is 5.85. The molecule has 0 radical (unpaired) electrons. The summed E-state index contributed by atoms with van der Waals surface area (Å²) in [4.78, 5) is 16.3. The average molecular weight is 387 g/mol. The number of benzene rings is 1. The summed E-state index contributed by atoms with van der Waals surface area (Å²) in [6.45, 7) is 3.97. The van der Waals surface area contributed by atoms with E-state index in [4.69, 9.17) is 11.6 Å². The van der Waals surface area contributed by atoms with Gasteiger partial charge in [0.05, 0.1) is 0 Å². The molecular formula is C16H23ClN4O3S. The maximum atomic E-state index is 12.7. The quantitative estimate of drug-likeness (QED) is 0.762. The number of amides is 1. The Morgan fingerprint density at radius 2 is 1.36 bits per heavy atom. The van der Waals surface area contributed by atoms with Gasteiger partial charge in [0.15, 0.2) is 0 Å². The van der Waals surface area contributed by atoms with Crippen LogP contribution in [0.2, 0.25) is 5.02 Å². The molecule has 0 saturated carbocycles. The highest BCUT2D eigenvalue weighted by Gasteiger charge is 2.34. The van der Waals surface area contributed by atoms with Crippen LogP contribution in [0.4, 0.5) is 0 Å². The molecule has 1 amide bonds. The smallest absolute Gasteiger partial charge is 0.282 e. The molecule has 2 saturated heterocycles. The zero-order valence-electron chi connectivity index (χ0n) is 14.3. The molecule has 1 aromatic carbocycles. The molecule has 7 nitrogen and oxygen atoms in total. The van der Waals surface area contributed by atoms with Crippen molar-refractivity contribution in [3.05, 3.63) is 34.9 Å². The number of hydrogen-bond acceptors (Lipinski definition) is 4. The van der Waals surface area contributed by atoms with E-state index >= 15 is 0 Å². The zero-order valence-corrected chi connectivity index (χ0v) is 15.8. The summed E-state index contributed by atoms with van der Waals surface area (Å²) in [6, 6.07) is 6.75. The van der Waals surface area contributed by atoms with Crippen molar-refractivity contribution in [1.82, 2.24) is 18.4 Å². The Morgan fingerprint density at radius 3 is 1.88 bits per heavy atom. The van der Waals surface area contributed by atoms with Gasteiger partial charge in [-0.3, -0.25) is 4.79 Å².